The second kappa shape index (κ2) is 5.19. The van der Waals surface area contributed by atoms with E-state index in [1.54, 1.807) is 0 Å². The molecule has 2 aromatic heterocycles. The van der Waals surface area contributed by atoms with E-state index in [1.165, 1.54) is 16.8 Å². The predicted octanol–water partition coefficient (Wildman–Crippen LogP) is 4.19. The first-order valence-corrected chi connectivity index (χ1v) is 9.28. The summed E-state index contributed by atoms with van der Waals surface area (Å²) in [6.45, 7) is 4.39. The highest BCUT2D eigenvalue weighted by molar-refractivity contribution is 5.90. The van der Waals surface area contributed by atoms with E-state index >= 15 is 0 Å². The molecule has 3 saturated carbocycles. The van der Waals surface area contributed by atoms with Crippen LogP contribution in [0.4, 0.5) is 0 Å². The van der Waals surface area contributed by atoms with Crippen LogP contribution in [0.15, 0.2) is 48.8 Å². The number of carbonyl (C=O) groups excluding carboxylic acids is 1. The van der Waals surface area contributed by atoms with Crippen LogP contribution < -0.4 is 0 Å². The van der Waals surface area contributed by atoms with Gasteiger partial charge in [-0.15, -0.1) is 0 Å². The minimum Gasteiger partial charge on any atom is -0.462 e. The zero-order chi connectivity index (χ0) is 17.9. The Balaban J connectivity index is 1.43. The second-order valence-electron chi connectivity index (χ2n) is 7.93. The fraction of sp³-hybridized carbons (Fsp3) is 0.364. The smallest absolute Gasteiger partial charge is 0.338 e. The zero-order valence-corrected chi connectivity index (χ0v) is 15.2. The summed E-state index contributed by atoms with van der Waals surface area (Å²) in [7, 11) is 0. The highest BCUT2D eigenvalue weighted by Crippen LogP contribution is 2.74. The molecule has 26 heavy (non-hydrogen) atoms. The first-order valence-electron chi connectivity index (χ1n) is 9.28. The number of aromatic nitrogens is 2. The Kier molecular flexibility index (Phi) is 3.12. The first kappa shape index (κ1) is 15.6. The van der Waals surface area contributed by atoms with Gasteiger partial charge in [0, 0.05) is 17.8 Å². The number of nitrogens with zero attached hydrogens (tertiary/aromatic N) is 2. The number of imidazole rings is 1. The molecule has 0 radical (unpaired) electrons. The van der Waals surface area contributed by atoms with Crippen LogP contribution in [0.25, 0.3) is 5.65 Å². The van der Waals surface area contributed by atoms with Crippen LogP contribution in [0.5, 0.6) is 0 Å². The fourth-order valence-electron chi connectivity index (χ4n) is 5.07. The van der Waals surface area contributed by atoms with Crippen molar-refractivity contribution in [2.75, 3.05) is 6.61 Å². The molecule has 0 N–H and O–H groups in total. The minimum absolute atomic E-state index is 0.211. The summed E-state index contributed by atoms with van der Waals surface area (Å²) in [4.78, 5) is 17.0. The number of rotatable bonds is 4. The van der Waals surface area contributed by atoms with Crippen molar-refractivity contribution in [2.24, 2.45) is 0 Å². The lowest BCUT2D eigenvalue weighted by molar-refractivity contribution is -0.0724. The van der Waals surface area contributed by atoms with Crippen molar-refractivity contribution in [3.63, 3.8) is 0 Å². The number of ether oxygens (including phenoxy) is 1. The van der Waals surface area contributed by atoms with Crippen LogP contribution in [0.2, 0.25) is 0 Å². The Hall–Kier alpha value is -2.62. The number of fused-ring (bicyclic) bond motifs is 1. The van der Waals surface area contributed by atoms with Crippen molar-refractivity contribution in [3.05, 3.63) is 71.2 Å². The fourth-order valence-corrected chi connectivity index (χ4v) is 5.07. The third-order valence-corrected chi connectivity index (χ3v) is 6.26. The Morgan fingerprint density at radius 3 is 2.73 bits per heavy atom. The van der Waals surface area contributed by atoms with Crippen molar-refractivity contribution >= 4 is 11.6 Å². The molecule has 6 rings (SSSR count). The van der Waals surface area contributed by atoms with Gasteiger partial charge in [-0.25, -0.2) is 9.78 Å². The maximum absolute atomic E-state index is 12.1. The molecule has 3 fully saturated rings. The number of hydrogen-bond acceptors (Lipinski definition) is 3. The average Bonchev–Trinajstić information content (AvgIpc) is 2.98. The average molecular weight is 346 g/mol. The summed E-state index contributed by atoms with van der Waals surface area (Å²) in [5.41, 5.74) is 5.90. The van der Waals surface area contributed by atoms with Gasteiger partial charge in [-0.05, 0) is 73.9 Å². The number of aryl methyl sites for hydroxylation is 1. The molecule has 0 unspecified atom stereocenters. The molecule has 2 bridgehead atoms. The molecule has 3 aromatic rings. The van der Waals surface area contributed by atoms with Crippen molar-refractivity contribution < 1.29 is 9.53 Å². The maximum atomic E-state index is 12.1. The third kappa shape index (κ3) is 2.02. The third-order valence-electron chi connectivity index (χ3n) is 6.26. The number of esters is 1. The second-order valence-corrected chi connectivity index (χ2v) is 7.93. The van der Waals surface area contributed by atoms with Crippen LogP contribution in [0, 0.1) is 6.92 Å². The van der Waals surface area contributed by atoms with Gasteiger partial charge in [0.15, 0.2) is 0 Å². The molecular formula is C22H22N2O2. The van der Waals surface area contributed by atoms with Crippen LogP contribution >= 0.6 is 0 Å². The van der Waals surface area contributed by atoms with E-state index in [-0.39, 0.29) is 16.8 Å². The zero-order valence-electron chi connectivity index (χ0n) is 15.2. The van der Waals surface area contributed by atoms with Gasteiger partial charge in [0.2, 0.25) is 0 Å². The van der Waals surface area contributed by atoms with E-state index in [2.05, 4.69) is 41.9 Å². The molecule has 4 heteroatoms. The standard InChI is InChI=1S/C22H22N2O2/c1-3-26-20(25)16-8-7-15(2)17(10-16)21-12-22(13-21,14-21)18-11-24-9-5-4-6-19(24)23-18/h4-11H,3,12-14H2,1-2H3. The van der Waals surface area contributed by atoms with Crippen LogP contribution in [0.3, 0.4) is 0 Å². The van der Waals surface area contributed by atoms with Crippen molar-refractivity contribution in [1.82, 2.24) is 9.38 Å². The van der Waals surface area contributed by atoms with E-state index in [1.807, 2.05) is 25.1 Å². The predicted molar refractivity (Wildman–Crippen MR) is 99.5 cm³/mol. The molecule has 0 spiro atoms. The lowest BCUT2D eigenvalue weighted by Crippen LogP contribution is -2.67. The highest BCUT2D eigenvalue weighted by atomic mass is 16.5. The number of hydrogen-bond donors (Lipinski definition) is 0. The van der Waals surface area contributed by atoms with Gasteiger partial charge in [0.1, 0.15) is 5.65 Å². The summed E-state index contributed by atoms with van der Waals surface area (Å²) < 4.78 is 7.28. The van der Waals surface area contributed by atoms with Gasteiger partial charge < -0.3 is 9.14 Å². The first-order chi connectivity index (χ1) is 12.6. The summed E-state index contributed by atoms with van der Waals surface area (Å²) in [5, 5.41) is 0. The SMILES string of the molecule is CCOC(=O)c1ccc(C)c(C23CC(c4cn5ccccc5n4)(C2)C3)c1. The molecule has 132 valence electrons. The number of benzene rings is 1. The summed E-state index contributed by atoms with van der Waals surface area (Å²) >= 11 is 0. The molecule has 0 aliphatic heterocycles. The summed E-state index contributed by atoms with van der Waals surface area (Å²) in [6, 6.07) is 12.1. The van der Waals surface area contributed by atoms with Gasteiger partial charge in [-0.2, -0.15) is 0 Å². The lowest BCUT2D eigenvalue weighted by atomic mass is 9.32. The molecule has 2 heterocycles. The molecule has 0 amide bonds. The van der Waals surface area contributed by atoms with Gasteiger partial charge in [-0.1, -0.05) is 12.1 Å². The molecule has 3 aliphatic rings. The van der Waals surface area contributed by atoms with E-state index in [9.17, 15) is 4.79 Å². The highest BCUT2D eigenvalue weighted by Gasteiger charge is 2.70. The van der Waals surface area contributed by atoms with E-state index in [4.69, 9.17) is 9.72 Å². The minimum atomic E-state index is -0.226. The summed E-state index contributed by atoms with van der Waals surface area (Å²) in [6.07, 6.45) is 7.60. The molecule has 3 aliphatic carbocycles. The van der Waals surface area contributed by atoms with Gasteiger partial charge in [-0.3, -0.25) is 0 Å². The van der Waals surface area contributed by atoms with Gasteiger partial charge in [0.05, 0.1) is 17.9 Å². The van der Waals surface area contributed by atoms with Gasteiger partial charge >= 0.3 is 5.97 Å². The molecule has 1 aromatic carbocycles. The molecule has 0 saturated heterocycles. The van der Waals surface area contributed by atoms with Gasteiger partial charge in [0.25, 0.3) is 0 Å². The van der Waals surface area contributed by atoms with Crippen LogP contribution in [-0.4, -0.2) is 22.0 Å². The maximum Gasteiger partial charge on any atom is 0.338 e. The number of pyridine rings is 1. The molecule has 4 nitrogen and oxygen atoms in total. The topological polar surface area (TPSA) is 43.6 Å². The lowest BCUT2D eigenvalue weighted by Gasteiger charge is -2.70. The largest absolute Gasteiger partial charge is 0.462 e. The molecular weight excluding hydrogens is 324 g/mol. The van der Waals surface area contributed by atoms with E-state index in [0.717, 1.165) is 24.9 Å². The van der Waals surface area contributed by atoms with Crippen molar-refractivity contribution in [2.45, 2.75) is 43.9 Å². The van der Waals surface area contributed by atoms with Crippen molar-refractivity contribution in [1.29, 1.82) is 0 Å². The molecule has 0 atom stereocenters. The normalized spacial score (nSPS) is 26.2. The van der Waals surface area contributed by atoms with Crippen molar-refractivity contribution in [3.8, 4) is 0 Å². The quantitative estimate of drug-likeness (QED) is 0.665. The Morgan fingerprint density at radius 1 is 1.19 bits per heavy atom. The van der Waals surface area contributed by atoms with Crippen LogP contribution in [-0.2, 0) is 15.6 Å². The van der Waals surface area contributed by atoms with E-state index < -0.39 is 0 Å². The Labute approximate surface area is 152 Å². The van der Waals surface area contributed by atoms with Crippen LogP contribution in [0.1, 0.15) is 53.4 Å². The number of carbonyl (C=O) groups is 1. The Bertz CT molecular complexity index is 981. The monoisotopic (exact) mass is 346 g/mol. The Morgan fingerprint density at radius 2 is 2.00 bits per heavy atom. The van der Waals surface area contributed by atoms with E-state index in [0.29, 0.717) is 12.2 Å². The summed E-state index contributed by atoms with van der Waals surface area (Å²) in [5.74, 6) is -0.226.